The number of ether oxygens (including phenoxy) is 13. The lowest BCUT2D eigenvalue weighted by atomic mass is 9.95. The zero-order valence-electron chi connectivity index (χ0n) is 46.0. The molecule has 29 heteroatoms. The van der Waals surface area contributed by atoms with E-state index in [1.807, 2.05) is 6.92 Å². The largest absolute Gasteiger partial charge is 0.469 e. The van der Waals surface area contributed by atoms with Gasteiger partial charge in [-0.3, -0.25) is 4.79 Å². The number of aliphatic hydroxyl groups excluding tert-OH is 15. The van der Waals surface area contributed by atoms with Crippen molar-refractivity contribution in [2.24, 2.45) is 0 Å². The number of hydrogen-bond acceptors (Lipinski definition) is 29. The van der Waals surface area contributed by atoms with Crippen LogP contribution < -0.4 is 0 Å². The molecule has 0 aliphatic carbocycles. The summed E-state index contributed by atoms with van der Waals surface area (Å²) in [4.78, 5) is 11.4. The molecule has 31 atom stereocenters. The van der Waals surface area contributed by atoms with Crippen LogP contribution in [0.15, 0.2) is 0 Å². The van der Waals surface area contributed by atoms with E-state index < -0.39 is 204 Å². The monoisotopic (exact) mass is 1170 g/mol. The molecular formula is C51H90O29. The SMILES string of the molecule is CCCC(CCCCCCCCCC(=O)OC)O[C@@H]1O[C@H](C)[C@@H](O)[C@H](O)[C@H]1O[C@@H]1O[C@H](CO)[C@@H](O)[C@H](O)[C@H]1O[C@@H]1O[C@@H](C)[C@H](O[C@@H]2O[C@H](C)[C@H](O)[C@H](O)[C@H]2O)[C@@H](O[C@@H]2O[C@H](CO)[C@@H](O)[C@H](O)[C@H]2O[C@@H]2O[C@H](C)[C@@H](O)[C@H](O)[C@H]2O)[C@H]1O. The lowest BCUT2D eigenvalue weighted by Crippen LogP contribution is -2.69. The highest BCUT2D eigenvalue weighted by Crippen LogP contribution is 2.39. The number of rotatable bonds is 26. The highest BCUT2D eigenvalue weighted by molar-refractivity contribution is 5.68. The van der Waals surface area contributed by atoms with Crippen molar-refractivity contribution in [3.05, 3.63) is 0 Å². The van der Waals surface area contributed by atoms with E-state index in [0.717, 1.165) is 44.9 Å². The third-order valence-corrected chi connectivity index (χ3v) is 15.8. The maximum Gasteiger partial charge on any atom is 0.305 e. The van der Waals surface area contributed by atoms with Crippen LogP contribution in [0.5, 0.6) is 0 Å². The van der Waals surface area contributed by atoms with Crippen molar-refractivity contribution >= 4 is 5.97 Å². The summed E-state index contributed by atoms with van der Waals surface area (Å²) in [7, 11) is 1.36. The van der Waals surface area contributed by atoms with Gasteiger partial charge in [0.05, 0.1) is 50.8 Å². The van der Waals surface area contributed by atoms with Gasteiger partial charge in [-0.15, -0.1) is 0 Å². The Morgan fingerprint density at radius 3 is 1.24 bits per heavy atom. The predicted molar refractivity (Wildman–Crippen MR) is 265 cm³/mol. The normalized spacial score (nSPS) is 47.0. The smallest absolute Gasteiger partial charge is 0.305 e. The molecule has 29 nitrogen and oxygen atoms in total. The molecule has 6 fully saturated rings. The van der Waals surface area contributed by atoms with Gasteiger partial charge in [-0.25, -0.2) is 0 Å². The van der Waals surface area contributed by atoms with Crippen LogP contribution in [0.25, 0.3) is 0 Å². The highest BCUT2D eigenvalue weighted by Gasteiger charge is 2.58. The Hall–Kier alpha value is -1.61. The minimum atomic E-state index is -2.19. The zero-order chi connectivity index (χ0) is 58.9. The molecule has 6 rings (SSSR count). The van der Waals surface area contributed by atoms with Gasteiger partial charge in [0.25, 0.3) is 0 Å². The average Bonchev–Trinajstić information content (AvgIpc) is 3.43. The van der Waals surface area contributed by atoms with E-state index in [2.05, 4.69) is 0 Å². The maximum absolute atomic E-state index is 12.4. The average molecular weight is 1170 g/mol. The van der Waals surface area contributed by atoms with Crippen LogP contribution >= 0.6 is 0 Å². The molecule has 0 spiro atoms. The van der Waals surface area contributed by atoms with E-state index in [4.69, 9.17) is 61.6 Å². The van der Waals surface area contributed by atoms with Gasteiger partial charge in [0.1, 0.15) is 122 Å². The molecule has 0 aromatic carbocycles. The second-order valence-corrected chi connectivity index (χ2v) is 21.8. The molecule has 80 heavy (non-hydrogen) atoms. The first-order valence-corrected chi connectivity index (χ1v) is 28.0. The molecule has 0 radical (unpaired) electrons. The van der Waals surface area contributed by atoms with Gasteiger partial charge >= 0.3 is 5.97 Å². The summed E-state index contributed by atoms with van der Waals surface area (Å²) in [6.45, 7) is 5.74. The molecule has 0 aromatic heterocycles. The van der Waals surface area contributed by atoms with Crippen LogP contribution in [0.2, 0.25) is 0 Å². The van der Waals surface area contributed by atoms with Gasteiger partial charge in [0.2, 0.25) is 0 Å². The second kappa shape index (κ2) is 31.2. The third kappa shape index (κ3) is 16.3. The van der Waals surface area contributed by atoms with Crippen LogP contribution in [0.3, 0.4) is 0 Å². The number of esters is 1. The van der Waals surface area contributed by atoms with Gasteiger partial charge < -0.3 is 138 Å². The Bertz CT molecular complexity index is 1810. The van der Waals surface area contributed by atoms with Gasteiger partial charge in [-0.05, 0) is 47.0 Å². The lowest BCUT2D eigenvalue weighted by molar-refractivity contribution is -0.414. The first kappa shape index (κ1) is 67.5. The van der Waals surface area contributed by atoms with E-state index in [1.54, 1.807) is 0 Å². The van der Waals surface area contributed by atoms with E-state index in [9.17, 15) is 81.4 Å². The second-order valence-electron chi connectivity index (χ2n) is 21.8. The molecule has 1 unspecified atom stereocenters. The minimum Gasteiger partial charge on any atom is -0.469 e. The van der Waals surface area contributed by atoms with Crippen LogP contribution in [-0.4, -0.2) is 293 Å². The summed E-state index contributed by atoms with van der Waals surface area (Å²) in [5, 5.41) is 165. The molecule has 6 aliphatic heterocycles. The number of carbonyl (C=O) groups excluding carboxylic acids is 1. The summed E-state index contributed by atoms with van der Waals surface area (Å²) < 4.78 is 77.5. The Kier molecular flexibility index (Phi) is 26.3. The summed E-state index contributed by atoms with van der Waals surface area (Å²) in [5.74, 6) is -0.237. The van der Waals surface area contributed by atoms with Crippen molar-refractivity contribution in [2.75, 3.05) is 20.3 Å². The van der Waals surface area contributed by atoms with Gasteiger partial charge in [-0.2, -0.15) is 0 Å². The molecule has 15 N–H and O–H groups in total. The molecule has 6 heterocycles. The van der Waals surface area contributed by atoms with Gasteiger partial charge in [0.15, 0.2) is 37.7 Å². The summed E-state index contributed by atoms with van der Waals surface area (Å²) in [5.41, 5.74) is 0. The van der Waals surface area contributed by atoms with Crippen molar-refractivity contribution in [3.63, 3.8) is 0 Å². The topological polar surface area (TPSA) is 441 Å². The molecule has 0 bridgehead atoms. The van der Waals surface area contributed by atoms with Crippen molar-refractivity contribution in [3.8, 4) is 0 Å². The highest BCUT2D eigenvalue weighted by atomic mass is 16.8. The van der Waals surface area contributed by atoms with Crippen molar-refractivity contribution < 1.29 is 143 Å². The van der Waals surface area contributed by atoms with Gasteiger partial charge in [0, 0.05) is 6.42 Å². The fraction of sp³-hybridized carbons (Fsp3) is 0.980. The number of unbranched alkanes of at least 4 members (excludes halogenated alkanes) is 6. The van der Waals surface area contributed by atoms with Crippen molar-refractivity contribution in [1.82, 2.24) is 0 Å². The predicted octanol–water partition coefficient (Wildman–Crippen LogP) is -5.11. The molecule has 6 aliphatic rings. The van der Waals surface area contributed by atoms with E-state index in [-0.39, 0.29) is 5.97 Å². The third-order valence-electron chi connectivity index (χ3n) is 15.8. The maximum atomic E-state index is 12.4. The van der Waals surface area contributed by atoms with Crippen molar-refractivity contribution in [1.29, 1.82) is 0 Å². The quantitative estimate of drug-likeness (QED) is 0.0285. The number of methoxy groups -OCH3 is 1. The van der Waals surface area contributed by atoms with Crippen LogP contribution in [-0.2, 0) is 66.4 Å². The molecule has 0 aromatic rings. The number of aliphatic hydroxyl groups is 15. The molecule has 0 amide bonds. The van der Waals surface area contributed by atoms with Crippen molar-refractivity contribution in [2.45, 2.75) is 296 Å². The van der Waals surface area contributed by atoms with E-state index in [1.165, 1.54) is 34.8 Å². The van der Waals surface area contributed by atoms with Crippen LogP contribution in [0, 0.1) is 0 Å². The Morgan fingerprint density at radius 1 is 0.388 bits per heavy atom. The molecule has 6 saturated heterocycles. The van der Waals surface area contributed by atoms with E-state index >= 15 is 0 Å². The minimum absolute atomic E-state index is 0.237. The first-order valence-electron chi connectivity index (χ1n) is 28.0. The lowest BCUT2D eigenvalue weighted by Gasteiger charge is -2.51. The summed E-state index contributed by atoms with van der Waals surface area (Å²) in [6.07, 6.45) is -44.0. The summed E-state index contributed by atoms with van der Waals surface area (Å²) >= 11 is 0. The van der Waals surface area contributed by atoms with E-state index in [0.29, 0.717) is 25.7 Å². The zero-order valence-corrected chi connectivity index (χ0v) is 46.0. The summed E-state index contributed by atoms with van der Waals surface area (Å²) in [6, 6.07) is 0. The van der Waals surface area contributed by atoms with Crippen LogP contribution in [0.4, 0.5) is 0 Å². The molecule has 0 saturated carbocycles. The number of hydrogen-bond donors (Lipinski definition) is 15. The fourth-order valence-electron chi connectivity index (χ4n) is 10.8. The Morgan fingerprint density at radius 2 is 0.762 bits per heavy atom. The Balaban J connectivity index is 1.26. The molecule has 468 valence electrons. The fourth-order valence-corrected chi connectivity index (χ4v) is 10.8. The first-order chi connectivity index (χ1) is 38.0. The Labute approximate surface area is 464 Å². The molecular weight excluding hydrogens is 1080 g/mol. The standard InChI is InChI=1S/C51H90O29/c1-7-15-24(16-13-11-9-8-10-12-14-17-27(54)68-6)73-49-43(35(62)30(57)22(4)71-49)80-51-45(37(64)32(59)26(19-53)75-51)79-48-40(67)42(41(23(5)72-48)76-46-38(65)33(60)28(55)20(2)69-46)77-50-44(36(63)31(58)25(18-52)74-50)78-47-39(66)34(61)29(56)21(3)70-47/h20-26,28-53,55-67H,7-19H2,1-6H3/t20-,21-,22-,23+,24?,25-,26-,28+,29-,30-,31-,32-,33+,34+,35+,36+,37+,38-,39-,40-,41+,42+,43-,44-,45-,46+,47+,48+,49+,50+,51+/m1/s1. The van der Waals surface area contributed by atoms with Crippen LogP contribution in [0.1, 0.15) is 105 Å². The van der Waals surface area contributed by atoms with Gasteiger partial charge in [-0.1, -0.05) is 51.9 Å². The number of carbonyl (C=O) groups is 1.